The van der Waals surface area contributed by atoms with Crippen molar-refractivity contribution in [2.24, 2.45) is 0 Å². The molecule has 0 aliphatic rings. The number of aryl methyl sites for hydroxylation is 1. The Morgan fingerprint density at radius 2 is 2.40 bits per heavy atom. The lowest BCUT2D eigenvalue weighted by Crippen LogP contribution is -2.22. The Morgan fingerprint density at radius 3 is 3.00 bits per heavy atom. The molecule has 15 heavy (non-hydrogen) atoms. The van der Waals surface area contributed by atoms with Gasteiger partial charge in [-0.25, -0.2) is 4.79 Å². The average molecular weight is 209 g/mol. The molecule has 0 saturated carbocycles. The first-order valence-electron chi connectivity index (χ1n) is 4.79. The van der Waals surface area contributed by atoms with Crippen molar-refractivity contribution in [3.8, 4) is 0 Å². The molecule has 0 aliphatic carbocycles. The molecule has 0 amide bonds. The molecule has 0 bridgehead atoms. The van der Waals surface area contributed by atoms with E-state index in [-0.39, 0.29) is 5.57 Å². The van der Waals surface area contributed by atoms with Gasteiger partial charge in [0.25, 0.3) is 0 Å². The topological polar surface area (TPSA) is 67.2 Å². The van der Waals surface area contributed by atoms with Gasteiger partial charge in [0.05, 0.1) is 0 Å². The van der Waals surface area contributed by atoms with Gasteiger partial charge >= 0.3 is 5.97 Å². The Labute approximate surface area is 88.4 Å². The second kappa shape index (κ2) is 5.98. The molecule has 2 N–H and O–H groups in total. The number of aromatic nitrogens is 2. The Balaban J connectivity index is 2.03. The van der Waals surface area contributed by atoms with E-state index in [1.165, 1.54) is 0 Å². The summed E-state index contributed by atoms with van der Waals surface area (Å²) < 4.78 is 1.84. The maximum Gasteiger partial charge on any atom is 0.332 e. The van der Waals surface area contributed by atoms with E-state index in [1.54, 1.807) is 6.20 Å². The van der Waals surface area contributed by atoms with Crippen LogP contribution in [0, 0.1) is 0 Å². The lowest BCUT2D eigenvalue weighted by molar-refractivity contribution is -0.132. The molecule has 0 atom stereocenters. The summed E-state index contributed by atoms with van der Waals surface area (Å²) in [6.07, 6.45) is 4.55. The number of rotatable bonds is 7. The zero-order chi connectivity index (χ0) is 11.1. The van der Waals surface area contributed by atoms with E-state index in [2.05, 4.69) is 17.0 Å². The van der Waals surface area contributed by atoms with Crippen molar-refractivity contribution in [2.75, 3.05) is 13.1 Å². The van der Waals surface area contributed by atoms with Crippen molar-refractivity contribution >= 4 is 5.97 Å². The summed E-state index contributed by atoms with van der Waals surface area (Å²) in [6, 6.07) is 1.87. The van der Waals surface area contributed by atoms with Crippen LogP contribution < -0.4 is 5.32 Å². The Kier molecular flexibility index (Phi) is 4.56. The van der Waals surface area contributed by atoms with Crippen LogP contribution in [-0.4, -0.2) is 33.9 Å². The van der Waals surface area contributed by atoms with Crippen LogP contribution in [-0.2, 0) is 11.3 Å². The maximum absolute atomic E-state index is 10.4. The second-order valence-electron chi connectivity index (χ2n) is 3.21. The molecule has 5 heteroatoms. The summed E-state index contributed by atoms with van der Waals surface area (Å²) in [5, 5.41) is 15.6. The van der Waals surface area contributed by atoms with E-state index in [0.29, 0.717) is 6.54 Å². The normalized spacial score (nSPS) is 10.1. The van der Waals surface area contributed by atoms with E-state index in [9.17, 15) is 4.79 Å². The zero-order valence-electron chi connectivity index (χ0n) is 8.52. The van der Waals surface area contributed by atoms with Crippen molar-refractivity contribution in [2.45, 2.75) is 13.0 Å². The summed E-state index contributed by atoms with van der Waals surface area (Å²) in [7, 11) is 0. The van der Waals surface area contributed by atoms with E-state index >= 15 is 0 Å². The molecule has 0 fully saturated rings. The van der Waals surface area contributed by atoms with Gasteiger partial charge in [0, 0.05) is 31.1 Å². The minimum Gasteiger partial charge on any atom is -0.478 e. The summed E-state index contributed by atoms with van der Waals surface area (Å²) in [4.78, 5) is 10.4. The third kappa shape index (κ3) is 4.42. The summed E-state index contributed by atoms with van der Waals surface area (Å²) >= 11 is 0. The first-order valence-corrected chi connectivity index (χ1v) is 4.79. The lowest BCUT2D eigenvalue weighted by Gasteiger charge is -2.04. The van der Waals surface area contributed by atoms with Gasteiger partial charge in [-0.05, 0) is 19.0 Å². The molecule has 82 valence electrons. The molecule has 0 radical (unpaired) electrons. The van der Waals surface area contributed by atoms with Crippen molar-refractivity contribution in [1.82, 2.24) is 15.1 Å². The molecule has 0 saturated heterocycles. The zero-order valence-corrected chi connectivity index (χ0v) is 8.52. The molecular weight excluding hydrogens is 194 g/mol. The molecule has 5 nitrogen and oxygen atoms in total. The van der Waals surface area contributed by atoms with Crippen molar-refractivity contribution < 1.29 is 9.90 Å². The second-order valence-corrected chi connectivity index (χ2v) is 3.21. The van der Waals surface area contributed by atoms with Crippen LogP contribution in [0.4, 0.5) is 0 Å². The quantitative estimate of drug-likeness (QED) is 0.507. The largest absolute Gasteiger partial charge is 0.478 e. The highest BCUT2D eigenvalue weighted by Crippen LogP contribution is 1.89. The Bertz CT molecular complexity index is 319. The third-order valence-corrected chi connectivity index (χ3v) is 1.94. The van der Waals surface area contributed by atoms with Crippen LogP contribution >= 0.6 is 0 Å². The summed E-state index contributed by atoms with van der Waals surface area (Å²) in [5.74, 6) is -0.949. The number of hydrogen-bond donors (Lipinski definition) is 2. The molecule has 0 spiro atoms. The summed E-state index contributed by atoms with van der Waals surface area (Å²) in [5.41, 5.74) is 0.189. The van der Waals surface area contributed by atoms with Crippen molar-refractivity contribution in [3.63, 3.8) is 0 Å². The van der Waals surface area contributed by atoms with E-state index in [4.69, 9.17) is 5.11 Å². The molecule has 0 aromatic carbocycles. The molecule has 0 unspecified atom stereocenters. The van der Waals surface area contributed by atoms with Gasteiger partial charge in [-0.15, -0.1) is 0 Å². The van der Waals surface area contributed by atoms with E-state index < -0.39 is 5.97 Å². The predicted octanol–water partition coefficient (Wildman–Crippen LogP) is 0.504. The number of carboxylic acid groups (broad SMARTS) is 1. The monoisotopic (exact) mass is 209 g/mol. The number of nitrogens with zero attached hydrogens (tertiary/aromatic N) is 2. The van der Waals surface area contributed by atoms with Crippen LogP contribution in [0.3, 0.4) is 0 Å². The lowest BCUT2D eigenvalue weighted by atomic mass is 10.3. The van der Waals surface area contributed by atoms with Gasteiger partial charge in [0.1, 0.15) is 0 Å². The first kappa shape index (κ1) is 11.5. The number of carbonyl (C=O) groups is 1. The van der Waals surface area contributed by atoms with Gasteiger partial charge in [-0.3, -0.25) is 4.68 Å². The van der Waals surface area contributed by atoms with Crippen molar-refractivity contribution in [3.05, 3.63) is 30.6 Å². The third-order valence-electron chi connectivity index (χ3n) is 1.94. The highest BCUT2D eigenvalue weighted by molar-refractivity contribution is 5.86. The Hall–Kier alpha value is -1.62. The molecule has 1 heterocycles. The van der Waals surface area contributed by atoms with Crippen molar-refractivity contribution in [1.29, 1.82) is 0 Å². The fourth-order valence-corrected chi connectivity index (χ4v) is 1.11. The maximum atomic E-state index is 10.4. The Morgan fingerprint density at radius 1 is 1.60 bits per heavy atom. The molecule has 1 aromatic rings. The van der Waals surface area contributed by atoms with Gasteiger partial charge in [-0.1, -0.05) is 6.58 Å². The van der Waals surface area contributed by atoms with Gasteiger partial charge in [0.15, 0.2) is 0 Å². The first-order chi connectivity index (χ1) is 7.20. The van der Waals surface area contributed by atoms with Gasteiger partial charge < -0.3 is 10.4 Å². The number of carboxylic acids is 1. The summed E-state index contributed by atoms with van der Waals surface area (Å²) in [6.45, 7) is 5.34. The number of nitrogens with one attached hydrogen (secondary N) is 1. The SMILES string of the molecule is C=C(CNCCCn1cccn1)C(=O)O. The minimum absolute atomic E-state index is 0.189. The smallest absolute Gasteiger partial charge is 0.332 e. The fourth-order valence-electron chi connectivity index (χ4n) is 1.11. The standard InChI is InChI=1S/C10H15N3O2/c1-9(10(14)15)8-11-4-2-6-13-7-3-5-12-13/h3,5,7,11H,1-2,4,6,8H2,(H,14,15). The predicted molar refractivity (Wildman–Crippen MR) is 56.5 cm³/mol. The average Bonchev–Trinajstić information content (AvgIpc) is 2.69. The fraction of sp³-hybridized carbons (Fsp3) is 0.400. The van der Waals surface area contributed by atoms with Crippen LogP contribution in [0.15, 0.2) is 30.6 Å². The van der Waals surface area contributed by atoms with E-state index in [0.717, 1.165) is 19.5 Å². The van der Waals surface area contributed by atoms with Crippen LogP contribution in [0.5, 0.6) is 0 Å². The number of hydrogen-bond acceptors (Lipinski definition) is 3. The molecule has 1 rings (SSSR count). The van der Waals surface area contributed by atoms with E-state index in [1.807, 2.05) is 16.9 Å². The van der Waals surface area contributed by atoms with Crippen LogP contribution in [0.25, 0.3) is 0 Å². The molecular formula is C10H15N3O2. The molecule has 0 aliphatic heterocycles. The van der Waals surface area contributed by atoms with Gasteiger partial charge in [0.2, 0.25) is 0 Å². The van der Waals surface area contributed by atoms with Gasteiger partial charge in [-0.2, -0.15) is 5.10 Å². The number of aliphatic carboxylic acids is 1. The van der Waals surface area contributed by atoms with Crippen LogP contribution in [0.1, 0.15) is 6.42 Å². The highest BCUT2D eigenvalue weighted by Gasteiger charge is 2.01. The molecule has 1 aromatic heterocycles. The highest BCUT2D eigenvalue weighted by atomic mass is 16.4. The van der Waals surface area contributed by atoms with Crippen LogP contribution in [0.2, 0.25) is 0 Å². The minimum atomic E-state index is -0.949.